The molecular weight excluding hydrogens is 296 g/mol. The van der Waals surface area contributed by atoms with E-state index in [9.17, 15) is 0 Å². The lowest BCUT2D eigenvalue weighted by molar-refractivity contribution is 0.229. The van der Waals surface area contributed by atoms with Crippen molar-refractivity contribution in [1.29, 1.82) is 0 Å². The zero-order valence-electron chi connectivity index (χ0n) is 10.8. The van der Waals surface area contributed by atoms with Crippen molar-refractivity contribution >= 4 is 15.9 Å². The summed E-state index contributed by atoms with van der Waals surface area (Å²) in [6.45, 7) is 5.09. The molecule has 4 nitrogen and oxygen atoms in total. The molecule has 1 fully saturated rings. The standard InChI is InChI=1S/C13H19BrN2O2/c1-17-11-3-4-12(18-2)13(14)10(11)9-16-7-5-15-6-8-16/h3-4,15H,5-9H2,1-2H3. The summed E-state index contributed by atoms with van der Waals surface area (Å²) in [5.74, 6) is 1.75. The average molecular weight is 315 g/mol. The Morgan fingerprint density at radius 2 is 1.78 bits per heavy atom. The molecule has 0 spiro atoms. The van der Waals surface area contributed by atoms with Crippen molar-refractivity contribution < 1.29 is 9.47 Å². The maximum Gasteiger partial charge on any atom is 0.133 e. The summed E-state index contributed by atoms with van der Waals surface area (Å²) < 4.78 is 11.8. The quantitative estimate of drug-likeness (QED) is 0.920. The highest BCUT2D eigenvalue weighted by atomic mass is 79.9. The third-order valence-corrected chi connectivity index (χ3v) is 4.07. The van der Waals surface area contributed by atoms with Gasteiger partial charge in [0.1, 0.15) is 11.5 Å². The molecule has 5 heteroatoms. The van der Waals surface area contributed by atoms with Crippen LogP contribution in [0.25, 0.3) is 0 Å². The normalized spacial score (nSPS) is 16.6. The van der Waals surface area contributed by atoms with Gasteiger partial charge in [-0.3, -0.25) is 4.90 Å². The van der Waals surface area contributed by atoms with Gasteiger partial charge in [0.05, 0.1) is 18.7 Å². The second-order valence-corrected chi connectivity index (χ2v) is 5.08. The highest BCUT2D eigenvalue weighted by Crippen LogP contribution is 2.35. The van der Waals surface area contributed by atoms with E-state index in [1.807, 2.05) is 12.1 Å². The molecule has 0 unspecified atom stereocenters. The summed E-state index contributed by atoms with van der Waals surface area (Å²) in [4.78, 5) is 2.42. The summed E-state index contributed by atoms with van der Waals surface area (Å²) in [6.07, 6.45) is 0. The molecule has 18 heavy (non-hydrogen) atoms. The second-order valence-electron chi connectivity index (χ2n) is 4.29. The Kier molecular flexibility index (Phi) is 4.86. The molecule has 1 N–H and O–H groups in total. The topological polar surface area (TPSA) is 33.7 Å². The minimum atomic E-state index is 0.848. The number of hydrogen-bond donors (Lipinski definition) is 1. The molecule has 0 aliphatic carbocycles. The minimum Gasteiger partial charge on any atom is -0.496 e. The van der Waals surface area contributed by atoms with Crippen molar-refractivity contribution in [3.05, 3.63) is 22.2 Å². The van der Waals surface area contributed by atoms with Gasteiger partial charge in [0.25, 0.3) is 0 Å². The number of nitrogens with zero attached hydrogens (tertiary/aromatic N) is 1. The zero-order chi connectivity index (χ0) is 13.0. The SMILES string of the molecule is COc1ccc(OC)c(CN2CCNCC2)c1Br. The van der Waals surface area contributed by atoms with Crippen LogP contribution in [-0.2, 0) is 6.54 Å². The van der Waals surface area contributed by atoms with Gasteiger partial charge in [-0.1, -0.05) is 0 Å². The van der Waals surface area contributed by atoms with Crippen molar-refractivity contribution in [2.45, 2.75) is 6.54 Å². The molecule has 1 saturated heterocycles. The molecule has 0 atom stereocenters. The van der Waals surface area contributed by atoms with E-state index in [1.54, 1.807) is 14.2 Å². The molecule has 1 aromatic rings. The van der Waals surface area contributed by atoms with Gasteiger partial charge < -0.3 is 14.8 Å². The summed E-state index contributed by atoms with van der Waals surface area (Å²) in [7, 11) is 3.39. The number of ether oxygens (including phenoxy) is 2. The van der Waals surface area contributed by atoms with Crippen molar-refractivity contribution in [3.63, 3.8) is 0 Å². The van der Waals surface area contributed by atoms with Crippen molar-refractivity contribution in [2.75, 3.05) is 40.4 Å². The first-order valence-corrected chi connectivity index (χ1v) is 6.88. The molecule has 1 heterocycles. The third kappa shape index (κ3) is 2.96. The first-order chi connectivity index (χ1) is 8.76. The number of piperazine rings is 1. The van der Waals surface area contributed by atoms with Crippen LogP contribution in [0.15, 0.2) is 16.6 Å². The molecule has 0 amide bonds. The summed E-state index contributed by atoms with van der Waals surface area (Å²) in [6, 6.07) is 3.88. The summed E-state index contributed by atoms with van der Waals surface area (Å²) in [5.41, 5.74) is 1.15. The molecular formula is C13H19BrN2O2. The Bertz CT molecular complexity index is 406. The van der Waals surface area contributed by atoms with E-state index in [4.69, 9.17) is 9.47 Å². The molecule has 100 valence electrons. The maximum absolute atomic E-state index is 5.44. The second kappa shape index (κ2) is 6.41. The summed E-state index contributed by atoms with van der Waals surface area (Å²) in [5, 5.41) is 3.36. The van der Waals surface area contributed by atoms with Gasteiger partial charge in [0.15, 0.2) is 0 Å². The van der Waals surface area contributed by atoms with Gasteiger partial charge in [-0.25, -0.2) is 0 Å². The van der Waals surface area contributed by atoms with Gasteiger partial charge >= 0.3 is 0 Å². The van der Waals surface area contributed by atoms with Crippen LogP contribution in [-0.4, -0.2) is 45.3 Å². The van der Waals surface area contributed by atoms with Crippen LogP contribution >= 0.6 is 15.9 Å². The van der Waals surface area contributed by atoms with Gasteiger partial charge in [-0.15, -0.1) is 0 Å². The van der Waals surface area contributed by atoms with Gasteiger partial charge in [-0.2, -0.15) is 0 Å². The number of methoxy groups -OCH3 is 2. The number of nitrogens with one attached hydrogen (secondary N) is 1. The fourth-order valence-electron chi connectivity index (χ4n) is 2.17. The van der Waals surface area contributed by atoms with Crippen LogP contribution in [0, 0.1) is 0 Å². The molecule has 1 aliphatic heterocycles. The lowest BCUT2D eigenvalue weighted by Crippen LogP contribution is -2.43. The van der Waals surface area contributed by atoms with Crippen LogP contribution in [0.2, 0.25) is 0 Å². The number of hydrogen-bond acceptors (Lipinski definition) is 4. The lowest BCUT2D eigenvalue weighted by atomic mass is 10.1. The predicted octanol–water partition coefficient (Wildman–Crippen LogP) is 1.87. The van der Waals surface area contributed by atoms with E-state index in [-0.39, 0.29) is 0 Å². The molecule has 1 aliphatic rings. The van der Waals surface area contributed by atoms with Crippen molar-refractivity contribution in [2.24, 2.45) is 0 Å². The van der Waals surface area contributed by atoms with Crippen LogP contribution in [0.3, 0.4) is 0 Å². The summed E-state index contributed by atoms with van der Waals surface area (Å²) >= 11 is 3.61. The maximum atomic E-state index is 5.44. The fraction of sp³-hybridized carbons (Fsp3) is 0.538. The Balaban J connectivity index is 2.23. The molecule has 0 aromatic heterocycles. The monoisotopic (exact) mass is 314 g/mol. The fourth-order valence-corrected chi connectivity index (χ4v) is 2.79. The first-order valence-electron chi connectivity index (χ1n) is 6.08. The molecule has 0 bridgehead atoms. The van der Waals surface area contributed by atoms with Crippen LogP contribution in [0.1, 0.15) is 5.56 Å². The predicted molar refractivity (Wildman–Crippen MR) is 75.4 cm³/mol. The Hall–Kier alpha value is -0.780. The zero-order valence-corrected chi connectivity index (χ0v) is 12.4. The smallest absolute Gasteiger partial charge is 0.133 e. The number of halogens is 1. The van der Waals surface area contributed by atoms with E-state index < -0.39 is 0 Å². The van der Waals surface area contributed by atoms with E-state index in [0.29, 0.717) is 0 Å². The Labute approximate surface area is 116 Å². The van der Waals surface area contributed by atoms with Gasteiger partial charge in [0, 0.05) is 38.3 Å². The van der Waals surface area contributed by atoms with E-state index in [2.05, 4.69) is 26.1 Å². The van der Waals surface area contributed by atoms with E-state index in [1.165, 1.54) is 0 Å². The van der Waals surface area contributed by atoms with E-state index in [0.717, 1.165) is 54.3 Å². The van der Waals surface area contributed by atoms with Gasteiger partial charge in [-0.05, 0) is 28.1 Å². The van der Waals surface area contributed by atoms with Gasteiger partial charge in [0.2, 0.25) is 0 Å². The Morgan fingerprint density at radius 1 is 1.17 bits per heavy atom. The number of rotatable bonds is 4. The largest absolute Gasteiger partial charge is 0.496 e. The van der Waals surface area contributed by atoms with Crippen molar-refractivity contribution in [1.82, 2.24) is 10.2 Å². The molecule has 2 rings (SSSR count). The van der Waals surface area contributed by atoms with Crippen LogP contribution in [0.5, 0.6) is 11.5 Å². The first kappa shape index (κ1) is 13.6. The minimum absolute atomic E-state index is 0.848. The highest BCUT2D eigenvalue weighted by molar-refractivity contribution is 9.10. The highest BCUT2D eigenvalue weighted by Gasteiger charge is 2.17. The Morgan fingerprint density at radius 3 is 2.39 bits per heavy atom. The molecule has 1 aromatic carbocycles. The number of benzene rings is 1. The average Bonchev–Trinajstić information content (AvgIpc) is 2.42. The lowest BCUT2D eigenvalue weighted by Gasteiger charge is -2.28. The van der Waals surface area contributed by atoms with Crippen LogP contribution < -0.4 is 14.8 Å². The molecule has 0 radical (unpaired) electrons. The van der Waals surface area contributed by atoms with Crippen molar-refractivity contribution in [3.8, 4) is 11.5 Å². The van der Waals surface area contributed by atoms with E-state index >= 15 is 0 Å². The third-order valence-electron chi connectivity index (χ3n) is 3.20. The van der Waals surface area contributed by atoms with Crippen LogP contribution in [0.4, 0.5) is 0 Å². The molecule has 0 saturated carbocycles.